The maximum absolute atomic E-state index is 9.73. The highest BCUT2D eigenvalue weighted by Gasteiger charge is 2.16. The molecule has 0 radical (unpaired) electrons. The molecule has 0 unspecified atom stereocenters. The standard InChI is InChI=1S/C15H15NO4/c1-18-13-6-5-11(7-12(13)17)16-8-10-3-2-4-14-15(10)20-9-19-14/h2-7,16-17H,8-9H2,1H3. The van der Waals surface area contributed by atoms with Crippen LogP contribution in [0.1, 0.15) is 5.56 Å². The normalized spacial score (nSPS) is 12.2. The van der Waals surface area contributed by atoms with E-state index in [1.54, 1.807) is 12.1 Å². The Bertz CT molecular complexity index is 627. The molecule has 0 atom stereocenters. The van der Waals surface area contributed by atoms with E-state index in [1.807, 2.05) is 24.3 Å². The summed E-state index contributed by atoms with van der Waals surface area (Å²) in [5, 5.41) is 13.0. The molecular formula is C15H15NO4. The topological polar surface area (TPSA) is 60.0 Å². The Labute approximate surface area is 116 Å². The van der Waals surface area contributed by atoms with Gasteiger partial charge in [-0.05, 0) is 18.2 Å². The highest BCUT2D eigenvalue weighted by atomic mass is 16.7. The first kappa shape index (κ1) is 12.5. The number of hydrogen-bond donors (Lipinski definition) is 2. The molecule has 0 saturated carbocycles. The van der Waals surface area contributed by atoms with E-state index in [0.717, 1.165) is 22.7 Å². The van der Waals surface area contributed by atoms with Gasteiger partial charge in [-0.2, -0.15) is 0 Å². The first-order valence-electron chi connectivity index (χ1n) is 6.26. The van der Waals surface area contributed by atoms with E-state index in [2.05, 4.69) is 5.32 Å². The number of anilines is 1. The van der Waals surface area contributed by atoms with Gasteiger partial charge in [0.1, 0.15) is 0 Å². The predicted octanol–water partition coefficient (Wildman–Crippen LogP) is 2.74. The van der Waals surface area contributed by atoms with Crippen LogP contribution in [0.5, 0.6) is 23.0 Å². The van der Waals surface area contributed by atoms with Gasteiger partial charge in [-0.15, -0.1) is 0 Å². The van der Waals surface area contributed by atoms with Crippen LogP contribution in [0, 0.1) is 0 Å². The van der Waals surface area contributed by atoms with E-state index in [-0.39, 0.29) is 12.5 Å². The summed E-state index contributed by atoms with van der Waals surface area (Å²) < 4.78 is 15.8. The highest BCUT2D eigenvalue weighted by molar-refractivity contribution is 5.55. The van der Waals surface area contributed by atoms with Crippen molar-refractivity contribution >= 4 is 5.69 Å². The van der Waals surface area contributed by atoms with Crippen molar-refractivity contribution < 1.29 is 19.3 Å². The van der Waals surface area contributed by atoms with Gasteiger partial charge < -0.3 is 24.6 Å². The van der Waals surface area contributed by atoms with Crippen LogP contribution in [0.25, 0.3) is 0 Å². The third kappa shape index (κ3) is 2.30. The summed E-state index contributed by atoms with van der Waals surface area (Å²) in [6, 6.07) is 11.0. The van der Waals surface area contributed by atoms with Gasteiger partial charge in [0.05, 0.1) is 7.11 Å². The minimum Gasteiger partial charge on any atom is -0.504 e. The summed E-state index contributed by atoms with van der Waals surface area (Å²) in [6.45, 7) is 0.841. The maximum atomic E-state index is 9.73. The molecule has 0 spiro atoms. The minimum atomic E-state index is 0.107. The summed E-state index contributed by atoms with van der Waals surface area (Å²) in [5.74, 6) is 2.10. The SMILES string of the molecule is COc1ccc(NCc2cccc3c2OCO3)cc1O. The average molecular weight is 273 g/mol. The molecule has 0 aromatic heterocycles. The Hall–Kier alpha value is -2.56. The number of aromatic hydroxyl groups is 1. The molecule has 0 aliphatic carbocycles. The lowest BCUT2D eigenvalue weighted by Crippen LogP contribution is -2.01. The fourth-order valence-electron chi connectivity index (χ4n) is 2.13. The van der Waals surface area contributed by atoms with Gasteiger partial charge in [-0.1, -0.05) is 12.1 Å². The molecular weight excluding hydrogens is 258 g/mol. The molecule has 0 bridgehead atoms. The van der Waals surface area contributed by atoms with Crippen molar-refractivity contribution in [3.8, 4) is 23.0 Å². The van der Waals surface area contributed by atoms with Crippen LogP contribution in [0.3, 0.4) is 0 Å². The molecule has 0 saturated heterocycles. The summed E-state index contributed by atoms with van der Waals surface area (Å²) in [6.07, 6.45) is 0. The van der Waals surface area contributed by atoms with E-state index in [4.69, 9.17) is 14.2 Å². The number of phenols is 1. The van der Waals surface area contributed by atoms with Crippen molar-refractivity contribution in [3.05, 3.63) is 42.0 Å². The molecule has 3 rings (SSSR count). The Morgan fingerprint density at radius 2 is 2.15 bits per heavy atom. The molecule has 1 aliphatic heterocycles. The quantitative estimate of drug-likeness (QED) is 0.897. The first-order valence-corrected chi connectivity index (χ1v) is 6.26. The second-order valence-electron chi connectivity index (χ2n) is 4.39. The van der Waals surface area contributed by atoms with Crippen LogP contribution in [-0.4, -0.2) is 19.0 Å². The number of rotatable bonds is 4. The predicted molar refractivity (Wildman–Crippen MR) is 74.6 cm³/mol. The number of hydrogen-bond acceptors (Lipinski definition) is 5. The monoisotopic (exact) mass is 273 g/mol. The van der Waals surface area contributed by atoms with Crippen LogP contribution in [0.15, 0.2) is 36.4 Å². The molecule has 104 valence electrons. The lowest BCUT2D eigenvalue weighted by atomic mass is 10.2. The van der Waals surface area contributed by atoms with Gasteiger partial charge in [0, 0.05) is 23.9 Å². The van der Waals surface area contributed by atoms with Crippen LogP contribution in [0.2, 0.25) is 0 Å². The zero-order chi connectivity index (χ0) is 13.9. The van der Waals surface area contributed by atoms with Crippen LogP contribution in [0.4, 0.5) is 5.69 Å². The maximum Gasteiger partial charge on any atom is 0.231 e. The molecule has 0 amide bonds. The third-order valence-electron chi connectivity index (χ3n) is 3.14. The number of para-hydroxylation sites is 1. The van der Waals surface area contributed by atoms with Crippen LogP contribution < -0.4 is 19.5 Å². The number of benzene rings is 2. The Balaban J connectivity index is 1.74. The Kier molecular flexibility index (Phi) is 3.25. The fourth-order valence-corrected chi connectivity index (χ4v) is 2.13. The zero-order valence-electron chi connectivity index (χ0n) is 11.1. The summed E-state index contributed by atoms with van der Waals surface area (Å²) >= 11 is 0. The number of phenolic OH excluding ortho intramolecular Hbond substituents is 1. The summed E-state index contributed by atoms with van der Waals surface area (Å²) in [4.78, 5) is 0. The van der Waals surface area contributed by atoms with Gasteiger partial charge in [0.2, 0.25) is 6.79 Å². The number of fused-ring (bicyclic) bond motifs is 1. The number of ether oxygens (including phenoxy) is 3. The highest BCUT2D eigenvalue weighted by Crippen LogP contribution is 2.36. The van der Waals surface area contributed by atoms with E-state index in [1.165, 1.54) is 7.11 Å². The third-order valence-corrected chi connectivity index (χ3v) is 3.14. The molecule has 2 N–H and O–H groups in total. The van der Waals surface area contributed by atoms with Gasteiger partial charge in [-0.25, -0.2) is 0 Å². The van der Waals surface area contributed by atoms with Gasteiger partial charge in [0.15, 0.2) is 23.0 Å². The summed E-state index contributed by atoms with van der Waals surface area (Å²) in [5.41, 5.74) is 1.81. The van der Waals surface area contributed by atoms with Crippen molar-refractivity contribution in [1.29, 1.82) is 0 Å². The molecule has 5 heteroatoms. The van der Waals surface area contributed by atoms with Crippen molar-refractivity contribution in [2.45, 2.75) is 6.54 Å². The van der Waals surface area contributed by atoms with Crippen molar-refractivity contribution in [2.24, 2.45) is 0 Å². The first-order chi connectivity index (χ1) is 9.78. The Morgan fingerprint density at radius 1 is 1.25 bits per heavy atom. The molecule has 2 aromatic carbocycles. The lowest BCUT2D eigenvalue weighted by molar-refractivity contribution is 0.173. The van der Waals surface area contributed by atoms with Gasteiger partial charge >= 0.3 is 0 Å². The molecule has 20 heavy (non-hydrogen) atoms. The lowest BCUT2D eigenvalue weighted by Gasteiger charge is -2.10. The van der Waals surface area contributed by atoms with Crippen molar-refractivity contribution in [1.82, 2.24) is 0 Å². The van der Waals surface area contributed by atoms with Gasteiger partial charge in [0.25, 0.3) is 0 Å². The van der Waals surface area contributed by atoms with Crippen LogP contribution >= 0.6 is 0 Å². The number of nitrogens with one attached hydrogen (secondary N) is 1. The molecule has 1 aliphatic rings. The largest absolute Gasteiger partial charge is 0.504 e. The smallest absolute Gasteiger partial charge is 0.231 e. The molecule has 2 aromatic rings. The molecule has 5 nitrogen and oxygen atoms in total. The molecule has 1 heterocycles. The van der Waals surface area contributed by atoms with E-state index in [9.17, 15) is 5.11 Å². The minimum absolute atomic E-state index is 0.107. The van der Waals surface area contributed by atoms with E-state index in [0.29, 0.717) is 12.3 Å². The average Bonchev–Trinajstić information content (AvgIpc) is 2.94. The number of methoxy groups -OCH3 is 1. The zero-order valence-corrected chi connectivity index (χ0v) is 11.1. The van der Waals surface area contributed by atoms with E-state index < -0.39 is 0 Å². The van der Waals surface area contributed by atoms with Crippen molar-refractivity contribution in [2.75, 3.05) is 19.2 Å². The summed E-state index contributed by atoms with van der Waals surface area (Å²) in [7, 11) is 1.52. The van der Waals surface area contributed by atoms with Crippen molar-refractivity contribution in [3.63, 3.8) is 0 Å². The van der Waals surface area contributed by atoms with E-state index >= 15 is 0 Å². The fraction of sp³-hybridized carbons (Fsp3) is 0.200. The van der Waals surface area contributed by atoms with Gasteiger partial charge in [-0.3, -0.25) is 0 Å². The van der Waals surface area contributed by atoms with Crippen LogP contribution in [-0.2, 0) is 6.54 Å². The Morgan fingerprint density at radius 3 is 2.95 bits per heavy atom. The second kappa shape index (κ2) is 5.21. The second-order valence-corrected chi connectivity index (χ2v) is 4.39. The molecule has 0 fully saturated rings.